The van der Waals surface area contributed by atoms with Gasteiger partial charge in [0, 0.05) is 39.1 Å². The summed E-state index contributed by atoms with van der Waals surface area (Å²) in [7, 11) is 3.78. The highest BCUT2D eigenvalue weighted by atomic mass is 16.5. The van der Waals surface area contributed by atoms with Crippen LogP contribution in [0.25, 0.3) is 0 Å². The molecule has 2 aromatic rings. The summed E-state index contributed by atoms with van der Waals surface area (Å²) < 4.78 is 7.35. The molecule has 0 amide bonds. The predicted molar refractivity (Wildman–Crippen MR) is 91.2 cm³/mol. The van der Waals surface area contributed by atoms with Crippen LogP contribution in [0.3, 0.4) is 0 Å². The molecule has 1 N–H and O–H groups in total. The average Bonchev–Trinajstić information content (AvgIpc) is 3.51. The van der Waals surface area contributed by atoms with Gasteiger partial charge in [-0.2, -0.15) is 5.10 Å². The Bertz CT molecular complexity index is 761. The first-order valence-electron chi connectivity index (χ1n) is 9.29. The van der Waals surface area contributed by atoms with Crippen LogP contribution in [0.1, 0.15) is 55.0 Å². The van der Waals surface area contributed by atoms with Crippen molar-refractivity contribution < 1.29 is 4.74 Å². The minimum absolute atomic E-state index is 0.357. The Balaban J connectivity index is 1.40. The monoisotopic (exact) mass is 343 g/mol. The van der Waals surface area contributed by atoms with E-state index in [4.69, 9.17) is 4.74 Å². The van der Waals surface area contributed by atoms with E-state index < -0.39 is 0 Å². The number of methoxy groups -OCH3 is 1. The first-order chi connectivity index (χ1) is 12.2. The fourth-order valence-electron chi connectivity index (χ4n) is 4.25. The zero-order valence-electron chi connectivity index (χ0n) is 14.9. The van der Waals surface area contributed by atoms with Crippen LogP contribution in [0.5, 0.6) is 0 Å². The fraction of sp³-hybridized carbons (Fsp3) is 0.765. The van der Waals surface area contributed by atoms with Crippen LogP contribution in [0.15, 0.2) is 0 Å². The third-order valence-corrected chi connectivity index (χ3v) is 5.87. The van der Waals surface area contributed by atoms with E-state index in [1.807, 2.05) is 0 Å². The molecule has 3 aliphatic rings. The summed E-state index contributed by atoms with van der Waals surface area (Å²) in [5.74, 6) is 6.26. The van der Waals surface area contributed by atoms with E-state index in [1.54, 1.807) is 7.11 Å². The molecular formula is C17H25N7O. The second-order valence-electron chi connectivity index (χ2n) is 7.78. The molecule has 1 saturated heterocycles. The number of aromatic amines is 1. The number of H-pyrrole nitrogens is 1. The number of aromatic nitrogens is 6. The van der Waals surface area contributed by atoms with Crippen molar-refractivity contribution >= 4 is 5.95 Å². The maximum Gasteiger partial charge on any atom is 0.227 e. The molecule has 134 valence electrons. The lowest BCUT2D eigenvalue weighted by atomic mass is 9.91. The van der Waals surface area contributed by atoms with E-state index in [0.717, 1.165) is 42.4 Å². The van der Waals surface area contributed by atoms with Gasteiger partial charge in [-0.1, -0.05) is 0 Å². The number of rotatable bonds is 6. The van der Waals surface area contributed by atoms with Gasteiger partial charge < -0.3 is 14.2 Å². The molecule has 5 rings (SSSR count). The summed E-state index contributed by atoms with van der Waals surface area (Å²) in [4.78, 5) is 7.06. The van der Waals surface area contributed by atoms with E-state index in [2.05, 4.69) is 41.9 Å². The van der Waals surface area contributed by atoms with Gasteiger partial charge in [0.15, 0.2) is 11.6 Å². The molecule has 8 heteroatoms. The van der Waals surface area contributed by atoms with Crippen LogP contribution >= 0.6 is 0 Å². The third-order valence-electron chi connectivity index (χ3n) is 5.87. The van der Waals surface area contributed by atoms with Crippen LogP contribution < -0.4 is 4.90 Å². The lowest BCUT2D eigenvalue weighted by Crippen LogP contribution is -2.23. The maximum absolute atomic E-state index is 5.16. The minimum Gasteiger partial charge on any atom is -0.377 e. The number of anilines is 1. The molecule has 0 unspecified atom stereocenters. The number of ether oxygens (including phenoxy) is 1. The Kier molecular flexibility index (Phi) is 3.55. The maximum atomic E-state index is 5.16. The van der Waals surface area contributed by atoms with Crippen LogP contribution in [0.2, 0.25) is 0 Å². The van der Waals surface area contributed by atoms with Crippen molar-refractivity contribution in [2.45, 2.75) is 44.1 Å². The van der Waals surface area contributed by atoms with Gasteiger partial charge in [-0.3, -0.25) is 5.10 Å². The van der Waals surface area contributed by atoms with E-state index in [9.17, 15) is 0 Å². The molecule has 3 heterocycles. The molecule has 8 nitrogen and oxygen atoms in total. The summed E-state index contributed by atoms with van der Waals surface area (Å²) in [5, 5.41) is 16.5. The number of nitrogens with one attached hydrogen (secondary N) is 1. The molecular weight excluding hydrogens is 318 g/mol. The largest absolute Gasteiger partial charge is 0.377 e. The Morgan fingerprint density at radius 1 is 1.16 bits per heavy atom. The second kappa shape index (κ2) is 5.79. The van der Waals surface area contributed by atoms with Crippen molar-refractivity contribution in [1.29, 1.82) is 0 Å². The normalized spacial score (nSPS) is 26.6. The molecule has 2 aromatic heterocycles. The average molecular weight is 343 g/mol. The van der Waals surface area contributed by atoms with Gasteiger partial charge in [0.1, 0.15) is 12.4 Å². The highest BCUT2D eigenvalue weighted by molar-refractivity contribution is 5.37. The lowest BCUT2D eigenvalue weighted by Gasteiger charge is -2.17. The third kappa shape index (κ3) is 2.72. The van der Waals surface area contributed by atoms with E-state index >= 15 is 0 Å². The number of hydrogen-bond donors (Lipinski definition) is 1. The lowest BCUT2D eigenvalue weighted by molar-refractivity contribution is 0.178. The van der Waals surface area contributed by atoms with Crippen molar-refractivity contribution in [3.63, 3.8) is 0 Å². The van der Waals surface area contributed by atoms with E-state index in [1.165, 1.54) is 25.7 Å². The van der Waals surface area contributed by atoms with Gasteiger partial charge in [0.05, 0.1) is 0 Å². The van der Waals surface area contributed by atoms with Crippen molar-refractivity contribution in [2.24, 2.45) is 18.9 Å². The van der Waals surface area contributed by atoms with Gasteiger partial charge in [0.2, 0.25) is 5.95 Å². The molecule has 0 radical (unpaired) electrons. The van der Waals surface area contributed by atoms with Crippen molar-refractivity contribution in [2.75, 3.05) is 25.1 Å². The molecule has 2 aliphatic carbocycles. The van der Waals surface area contributed by atoms with E-state index in [-0.39, 0.29) is 0 Å². The van der Waals surface area contributed by atoms with Crippen molar-refractivity contribution in [3.8, 4) is 0 Å². The van der Waals surface area contributed by atoms with Gasteiger partial charge in [-0.15, -0.1) is 10.2 Å². The van der Waals surface area contributed by atoms with Crippen LogP contribution in [0, 0.1) is 11.8 Å². The zero-order chi connectivity index (χ0) is 17.0. The van der Waals surface area contributed by atoms with Gasteiger partial charge >= 0.3 is 0 Å². The van der Waals surface area contributed by atoms with Crippen molar-refractivity contribution in [1.82, 2.24) is 29.9 Å². The zero-order valence-corrected chi connectivity index (χ0v) is 14.9. The van der Waals surface area contributed by atoms with Gasteiger partial charge in [0.25, 0.3) is 0 Å². The summed E-state index contributed by atoms with van der Waals surface area (Å²) in [5.41, 5.74) is 0. The van der Waals surface area contributed by atoms with Crippen molar-refractivity contribution in [3.05, 3.63) is 17.5 Å². The predicted octanol–water partition coefficient (Wildman–Crippen LogP) is 1.59. The summed E-state index contributed by atoms with van der Waals surface area (Å²) in [6.45, 7) is 2.42. The first kappa shape index (κ1) is 15.3. The van der Waals surface area contributed by atoms with Crippen LogP contribution in [-0.2, 0) is 18.4 Å². The first-order valence-corrected chi connectivity index (χ1v) is 9.29. The summed E-state index contributed by atoms with van der Waals surface area (Å²) >= 11 is 0. The molecule has 3 fully saturated rings. The fourth-order valence-corrected chi connectivity index (χ4v) is 4.25. The van der Waals surface area contributed by atoms with Gasteiger partial charge in [-0.05, 0) is 37.5 Å². The Hall–Kier alpha value is -1.96. The summed E-state index contributed by atoms with van der Waals surface area (Å²) in [6, 6.07) is 0. The molecule has 2 atom stereocenters. The highest BCUT2D eigenvalue weighted by Crippen LogP contribution is 2.48. The minimum atomic E-state index is 0.357. The highest BCUT2D eigenvalue weighted by Gasteiger charge is 2.46. The summed E-state index contributed by atoms with van der Waals surface area (Å²) in [6.07, 6.45) is 5.16. The van der Waals surface area contributed by atoms with Gasteiger partial charge in [-0.25, -0.2) is 4.98 Å². The molecule has 0 spiro atoms. The SMILES string of the molecule is COCc1nc([C@H]2CN(c3nnc(C4CC4)n3C)C[C@@H]2C2CC2)n[nH]1. The molecule has 25 heavy (non-hydrogen) atoms. The molecule has 0 bridgehead atoms. The Morgan fingerprint density at radius 3 is 2.72 bits per heavy atom. The van der Waals surface area contributed by atoms with Crippen LogP contribution in [0.4, 0.5) is 5.95 Å². The molecule has 0 aromatic carbocycles. The number of nitrogens with zero attached hydrogens (tertiary/aromatic N) is 6. The van der Waals surface area contributed by atoms with E-state index in [0.29, 0.717) is 24.4 Å². The quantitative estimate of drug-likeness (QED) is 0.857. The standard InChI is InChI=1S/C17H25N7O/c1-23-16(11-5-6-11)21-22-17(23)24-7-12(10-3-4-10)13(8-24)15-18-14(9-25-2)19-20-15/h10-13H,3-9H2,1-2H3,(H,18,19,20)/t12-,13+/m1/s1. The topological polar surface area (TPSA) is 84.8 Å². The molecule has 2 saturated carbocycles. The smallest absolute Gasteiger partial charge is 0.227 e. The van der Waals surface area contributed by atoms with Crippen LogP contribution in [-0.4, -0.2) is 50.1 Å². The number of hydrogen-bond acceptors (Lipinski definition) is 6. The Labute approximate surface area is 147 Å². The second-order valence-corrected chi connectivity index (χ2v) is 7.78. The Morgan fingerprint density at radius 2 is 2.00 bits per heavy atom. The molecule has 1 aliphatic heterocycles.